The van der Waals surface area contributed by atoms with Crippen molar-refractivity contribution in [2.45, 2.75) is 31.9 Å². The number of carboxylic acids is 1. The number of carboxylic acid groups (broad SMARTS) is 1. The van der Waals surface area contributed by atoms with Crippen LogP contribution in [0.4, 0.5) is 5.69 Å². The number of aromatic carboxylic acids is 1. The Morgan fingerprint density at radius 3 is 2.89 bits per heavy atom. The molecule has 0 spiro atoms. The molecule has 0 bridgehead atoms. The maximum Gasteiger partial charge on any atom is 0.337 e. The van der Waals surface area contributed by atoms with Crippen LogP contribution in [0.25, 0.3) is 0 Å². The maximum atomic E-state index is 12.5. The summed E-state index contributed by atoms with van der Waals surface area (Å²) in [4.78, 5) is 36.7. The summed E-state index contributed by atoms with van der Waals surface area (Å²) in [5.74, 6) is -1.18. The van der Waals surface area contributed by atoms with Crippen molar-refractivity contribution in [3.63, 3.8) is 0 Å². The largest absolute Gasteiger partial charge is 0.478 e. The van der Waals surface area contributed by atoms with Gasteiger partial charge >= 0.3 is 5.97 Å². The van der Waals surface area contributed by atoms with Gasteiger partial charge in [-0.15, -0.1) is 0 Å². The molecule has 3 N–H and O–H groups in total. The van der Waals surface area contributed by atoms with Gasteiger partial charge in [-0.2, -0.15) is 0 Å². The fraction of sp³-hybridized carbons (Fsp3) is 0.444. The number of rotatable bonds is 6. The molecule has 3 rings (SSSR count). The Hall–Kier alpha value is -2.65. The van der Waals surface area contributed by atoms with E-state index in [1.807, 2.05) is 11.8 Å². The van der Waals surface area contributed by atoms with Crippen LogP contribution < -0.4 is 10.2 Å². The van der Waals surface area contributed by atoms with Gasteiger partial charge in [0.25, 0.3) is 5.91 Å². The molecule has 3 heterocycles. The topological polar surface area (TPSA) is 120 Å². The van der Waals surface area contributed by atoms with E-state index < -0.39 is 5.97 Å². The number of piperidine rings is 1. The van der Waals surface area contributed by atoms with Gasteiger partial charge in [-0.25, -0.2) is 9.78 Å². The highest BCUT2D eigenvalue weighted by Crippen LogP contribution is 2.22. The van der Waals surface area contributed by atoms with Gasteiger partial charge in [-0.3, -0.25) is 9.78 Å². The molecule has 0 saturated carbocycles. The second-order valence-corrected chi connectivity index (χ2v) is 6.89. The first-order valence-electron chi connectivity index (χ1n) is 8.94. The van der Waals surface area contributed by atoms with E-state index in [4.69, 9.17) is 21.4 Å². The number of nitrogens with one attached hydrogen (secondary N) is 2. The number of hydrogen-bond donors (Lipinski definition) is 3. The van der Waals surface area contributed by atoms with Gasteiger partial charge in [-0.05, 0) is 18.9 Å². The molecule has 1 amide bonds. The normalized spacial score (nSPS) is 19.5. The number of imidazole rings is 1. The minimum atomic E-state index is -1.02. The molecule has 0 aliphatic carbocycles. The number of carbonyl (C=O) groups excluding carboxylic acids is 1. The van der Waals surface area contributed by atoms with Crippen molar-refractivity contribution in [2.75, 3.05) is 25.1 Å². The van der Waals surface area contributed by atoms with Crippen LogP contribution in [0.2, 0.25) is 5.15 Å². The van der Waals surface area contributed by atoms with Crippen molar-refractivity contribution in [1.82, 2.24) is 20.3 Å². The van der Waals surface area contributed by atoms with Crippen molar-refractivity contribution in [3.05, 3.63) is 40.7 Å². The average Bonchev–Trinajstić information content (AvgIpc) is 3.09. The van der Waals surface area contributed by atoms with Gasteiger partial charge in [0.1, 0.15) is 0 Å². The van der Waals surface area contributed by atoms with Gasteiger partial charge in [-0.1, -0.05) is 18.5 Å². The first kappa shape index (κ1) is 20.1. The number of halogens is 1. The van der Waals surface area contributed by atoms with E-state index in [-0.39, 0.29) is 29.4 Å². The number of hydrogen-bond acceptors (Lipinski definition) is 6. The minimum absolute atomic E-state index is 0.128. The maximum absolute atomic E-state index is 12.5. The molecule has 1 aliphatic rings. The van der Waals surface area contributed by atoms with E-state index in [9.17, 15) is 9.59 Å². The van der Waals surface area contributed by atoms with Crippen LogP contribution in [0.15, 0.2) is 18.5 Å². The first-order valence-corrected chi connectivity index (χ1v) is 9.32. The highest BCUT2D eigenvalue weighted by molar-refractivity contribution is 6.30. The number of nitrogens with zero attached hydrogens (tertiary/aromatic N) is 3. The number of ether oxygens (including phenoxy) is 1. The molecule has 9 nitrogen and oxygen atoms in total. The van der Waals surface area contributed by atoms with Crippen molar-refractivity contribution in [3.8, 4) is 0 Å². The average molecular weight is 408 g/mol. The fourth-order valence-corrected chi connectivity index (χ4v) is 3.50. The van der Waals surface area contributed by atoms with Gasteiger partial charge in [0, 0.05) is 26.4 Å². The Labute approximate surface area is 167 Å². The summed E-state index contributed by atoms with van der Waals surface area (Å²) in [6.45, 7) is 3.03. The number of carbonyl (C=O) groups is 2. The Morgan fingerprint density at radius 2 is 2.25 bits per heavy atom. The standard InChI is InChI=1S/C18H22ClN5O4/c1-3-12-15(19)23-16(21-12)17(25)22-13-4-5-24(9-14(13)28-2)11-6-10(18(26)27)7-20-8-11/h6-8,13-14H,3-5,9H2,1-2H3,(H,21,23)(H,22,25)(H,26,27)/t13-,14+/m1/s1. The van der Waals surface area contributed by atoms with E-state index in [0.29, 0.717) is 36.8 Å². The summed E-state index contributed by atoms with van der Waals surface area (Å²) in [6.07, 6.45) is 3.93. The number of pyridine rings is 1. The third kappa shape index (κ3) is 4.26. The van der Waals surface area contributed by atoms with Crippen molar-refractivity contribution >= 4 is 29.2 Å². The molecule has 150 valence electrons. The van der Waals surface area contributed by atoms with Crippen molar-refractivity contribution < 1.29 is 19.4 Å². The molecule has 2 aromatic rings. The summed E-state index contributed by atoms with van der Waals surface area (Å²) in [7, 11) is 1.58. The molecule has 28 heavy (non-hydrogen) atoms. The highest BCUT2D eigenvalue weighted by Gasteiger charge is 2.32. The number of aryl methyl sites for hydroxylation is 1. The fourth-order valence-electron chi connectivity index (χ4n) is 3.24. The molecule has 1 fully saturated rings. The number of H-pyrrole nitrogens is 1. The van der Waals surface area contributed by atoms with Crippen LogP contribution in [0.1, 0.15) is 40.0 Å². The zero-order valence-corrected chi connectivity index (χ0v) is 16.4. The number of aromatic nitrogens is 3. The number of aromatic amines is 1. The molecule has 0 radical (unpaired) electrons. The second-order valence-electron chi connectivity index (χ2n) is 6.53. The lowest BCUT2D eigenvalue weighted by Gasteiger charge is -2.39. The first-order chi connectivity index (χ1) is 13.4. The Bertz CT molecular complexity index is 871. The Balaban J connectivity index is 1.68. The Kier molecular flexibility index (Phi) is 6.15. The molecule has 1 saturated heterocycles. The molecule has 10 heteroatoms. The predicted octanol–water partition coefficient (Wildman–Crippen LogP) is 1.74. The molecule has 2 atom stereocenters. The molecular weight excluding hydrogens is 386 g/mol. The predicted molar refractivity (Wildman–Crippen MR) is 103 cm³/mol. The second kappa shape index (κ2) is 8.57. The third-order valence-corrected chi connectivity index (χ3v) is 5.12. The SMILES string of the molecule is CCc1[nH]c(C(=O)N[C@@H]2CCN(c3cncc(C(=O)O)c3)C[C@@H]2OC)nc1Cl. The van der Waals surface area contributed by atoms with Crippen LogP contribution in [0.5, 0.6) is 0 Å². The summed E-state index contributed by atoms with van der Waals surface area (Å²) in [5.41, 5.74) is 1.55. The molecule has 2 aromatic heterocycles. The number of amides is 1. The van der Waals surface area contributed by atoms with Crippen molar-refractivity contribution in [2.24, 2.45) is 0 Å². The van der Waals surface area contributed by atoms with Gasteiger partial charge in [0.2, 0.25) is 0 Å². The van der Waals surface area contributed by atoms with E-state index in [2.05, 4.69) is 20.3 Å². The van der Waals surface area contributed by atoms with E-state index in [1.54, 1.807) is 19.4 Å². The number of anilines is 1. The lowest BCUT2D eigenvalue weighted by molar-refractivity contribution is 0.0538. The third-order valence-electron chi connectivity index (χ3n) is 4.81. The van der Waals surface area contributed by atoms with Crippen LogP contribution >= 0.6 is 11.6 Å². The van der Waals surface area contributed by atoms with Gasteiger partial charge < -0.3 is 25.0 Å². The van der Waals surface area contributed by atoms with Crippen LogP contribution in [0.3, 0.4) is 0 Å². The molecule has 1 aliphatic heterocycles. The summed E-state index contributed by atoms with van der Waals surface area (Å²) < 4.78 is 5.57. The molecule has 0 unspecified atom stereocenters. The van der Waals surface area contributed by atoms with E-state index >= 15 is 0 Å². The van der Waals surface area contributed by atoms with Crippen LogP contribution in [-0.4, -0.2) is 64.3 Å². The highest BCUT2D eigenvalue weighted by atomic mass is 35.5. The van der Waals surface area contributed by atoms with Gasteiger partial charge in [0.05, 0.1) is 35.3 Å². The summed E-state index contributed by atoms with van der Waals surface area (Å²) in [5, 5.41) is 12.4. The lowest BCUT2D eigenvalue weighted by atomic mass is 10.0. The van der Waals surface area contributed by atoms with Crippen molar-refractivity contribution in [1.29, 1.82) is 0 Å². The summed E-state index contributed by atoms with van der Waals surface area (Å²) >= 11 is 6.01. The molecular formula is C18H22ClN5O4. The monoisotopic (exact) mass is 407 g/mol. The zero-order chi connectivity index (χ0) is 20.3. The smallest absolute Gasteiger partial charge is 0.337 e. The van der Waals surface area contributed by atoms with Crippen LogP contribution in [-0.2, 0) is 11.2 Å². The minimum Gasteiger partial charge on any atom is -0.478 e. The lowest BCUT2D eigenvalue weighted by Crippen LogP contribution is -2.55. The summed E-state index contributed by atoms with van der Waals surface area (Å²) in [6, 6.07) is 1.37. The van der Waals surface area contributed by atoms with E-state index in [1.165, 1.54) is 6.20 Å². The van der Waals surface area contributed by atoms with E-state index in [0.717, 1.165) is 5.69 Å². The Morgan fingerprint density at radius 1 is 1.46 bits per heavy atom. The van der Waals surface area contributed by atoms with Gasteiger partial charge in [0.15, 0.2) is 11.0 Å². The zero-order valence-electron chi connectivity index (χ0n) is 15.6. The number of methoxy groups -OCH3 is 1. The molecule has 0 aromatic carbocycles. The quantitative estimate of drug-likeness (QED) is 0.666. The van der Waals surface area contributed by atoms with Crippen LogP contribution in [0, 0.1) is 0 Å².